The van der Waals surface area contributed by atoms with Crippen LogP contribution in [0.4, 0.5) is 0 Å². The Balaban J connectivity index is 1.24. The number of allylic oxidation sites excluding steroid dienone is 10. The van der Waals surface area contributed by atoms with E-state index in [2.05, 4.69) is 97.1 Å². The standard InChI is InChI=1S/C50H22/c1-2-4-18-16-30-29(15-17(18)3-1)49-27-13-14-28-26-12-10-24-22-8-6-20-19-5-7-21-23-9-11-25(27)37-35(23)40-33(21)31(19)39-32(20)34(22)41-36(24)38(26)48(50(28,30)49)46-44(41)42(39)43(40)45(46)47(37)49/h1-16,19,21,23,31,33,35H. The van der Waals surface area contributed by atoms with Crippen molar-refractivity contribution in [2.24, 2.45) is 23.7 Å². The summed E-state index contributed by atoms with van der Waals surface area (Å²) in [5, 5.41) is 22.1. The van der Waals surface area contributed by atoms with Crippen LogP contribution in [0.15, 0.2) is 114 Å². The molecule has 8 aromatic rings. The van der Waals surface area contributed by atoms with E-state index in [4.69, 9.17) is 0 Å². The van der Waals surface area contributed by atoms with Crippen LogP contribution in [-0.2, 0) is 10.8 Å². The maximum atomic E-state index is 2.72. The third kappa shape index (κ3) is 1.42. The summed E-state index contributed by atoms with van der Waals surface area (Å²) in [5.74, 6) is 3.34. The molecule has 8 aromatic carbocycles. The van der Waals surface area contributed by atoms with E-state index in [1.165, 1.54) is 26.8 Å². The highest BCUT2D eigenvalue weighted by Gasteiger charge is 2.77. The van der Waals surface area contributed by atoms with Gasteiger partial charge in [0, 0.05) is 17.8 Å². The summed E-state index contributed by atoms with van der Waals surface area (Å²) in [6, 6.07) is 24.7. The van der Waals surface area contributed by atoms with Crippen molar-refractivity contribution in [1.82, 2.24) is 0 Å². The molecule has 0 saturated heterocycles. The van der Waals surface area contributed by atoms with E-state index in [-0.39, 0.29) is 10.8 Å². The topological polar surface area (TPSA) is 0 Å². The lowest BCUT2D eigenvalue weighted by molar-refractivity contribution is 0.349. The van der Waals surface area contributed by atoms with Crippen LogP contribution in [-0.4, -0.2) is 0 Å². The quantitative estimate of drug-likeness (QED) is 0.117. The Morgan fingerprint density at radius 3 is 2.28 bits per heavy atom. The Bertz CT molecular complexity index is 3680. The van der Waals surface area contributed by atoms with Gasteiger partial charge in [-0.25, -0.2) is 0 Å². The SMILES string of the molecule is C1=CC2C3C4=C5c6c7c8c9c%10c(ccc%11c%12ccc%13c%14c(c6c8c(c%10%11)c%14%12)C68C=%13C=CC(=C14)C56c1cc4ccccc4cc18)C1C=CC2C(C=73)C91. The summed E-state index contributed by atoms with van der Waals surface area (Å²) in [7, 11) is 0. The van der Waals surface area contributed by atoms with Crippen LogP contribution in [0.2, 0.25) is 0 Å². The number of fused-ring (bicyclic) bond motifs is 5. The van der Waals surface area contributed by atoms with Crippen LogP contribution in [0.25, 0.3) is 81.4 Å². The van der Waals surface area contributed by atoms with Gasteiger partial charge >= 0.3 is 0 Å². The summed E-state index contributed by atoms with van der Waals surface area (Å²) in [6.07, 6.45) is 16.0. The summed E-state index contributed by atoms with van der Waals surface area (Å²) < 4.78 is 0. The molecule has 0 amide bonds. The van der Waals surface area contributed by atoms with Gasteiger partial charge in [0.15, 0.2) is 0 Å². The molecule has 8 atom stereocenters. The Morgan fingerprint density at radius 2 is 1.38 bits per heavy atom. The molecule has 11 aliphatic carbocycles. The molecule has 0 bridgehead atoms. The van der Waals surface area contributed by atoms with Gasteiger partial charge in [-0.15, -0.1) is 0 Å². The Kier molecular flexibility index (Phi) is 2.42. The summed E-state index contributed by atoms with van der Waals surface area (Å²) in [6.45, 7) is 0. The van der Waals surface area contributed by atoms with Gasteiger partial charge in [0.25, 0.3) is 0 Å². The van der Waals surface area contributed by atoms with Crippen LogP contribution in [0.5, 0.6) is 0 Å². The number of rotatable bonds is 0. The zero-order valence-electron chi connectivity index (χ0n) is 26.7. The van der Waals surface area contributed by atoms with Crippen LogP contribution >= 0.6 is 0 Å². The van der Waals surface area contributed by atoms with E-state index in [0.29, 0.717) is 35.5 Å². The number of benzene rings is 6. The van der Waals surface area contributed by atoms with Crippen molar-refractivity contribution in [2.75, 3.05) is 0 Å². The normalized spacial score (nSPS) is 35.7. The molecule has 0 N–H and O–H groups in total. The Hall–Kier alpha value is -5.46. The fourth-order valence-corrected chi connectivity index (χ4v) is 16.8. The monoisotopic (exact) mass is 622 g/mol. The third-order valence-corrected chi connectivity index (χ3v) is 17.4. The predicted octanol–water partition coefficient (Wildman–Crippen LogP) is 9.24. The second kappa shape index (κ2) is 5.61. The van der Waals surface area contributed by atoms with Gasteiger partial charge in [-0.3, -0.25) is 0 Å². The lowest BCUT2D eigenvalue weighted by Crippen LogP contribution is -2.62. The van der Waals surface area contributed by atoms with Crippen LogP contribution in [0, 0.1) is 23.7 Å². The summed E-state index contributed by atoms with van der Waals surface area (Å²) >= 11 is 0. The first-order valence-corrected chi connectivity index (χ1v) is 19.0. The van der Waals surface area contributed by atoms with E-state index in [0.717, 1.165) is 0 Å². The van der Waals surface area contributed by atoms with Crippen molar-refractivity contribution in [3.05, 3.63) is 158 Å². The van der Waals surface area contributed by atoms with Gasteiger partial charge in [-0.05, 0) is 172 Å². The molecule has 0 aliphatic heterocycles. The van der Waals surface area contributed by atoms with Crippen molar-refractivity contribution >= 4 is 81.4 Å². The maximum absolute atomic E-state index is 2.72. The van der Waals surface area contributed by atoms with Gasteiger partial charge in [0.2, 0.25) is 0 Å². The van der Waals surface area contributed by atoms with E-state index in [1.54, 1.807) is 110 Å². The lowest BCUT2D eigenvalue weighted by Gasteiger charge is -2.65. The molecule has 50 heavy (non-hydrogen) atoms. The van der Waals surface area contributed by atoms with Gasteiger partial charge < -0.3 is 0 Å². The van der Waals surface area contributed by atoms with Crippen molar-refractivity contribution in [3.63, 3.8) is 0 Å². The van der Waals surface area contributed by atoms with Gasteiger partial charge in [-0.1, -0.05) is 85.0 Å². The number of hydrogen-bond donors (Lipinski definition) is 0. The summed E-state index contributed by atoms with van der Waals surface area (Å²) in [4.78, 5) is 0. The minimum Gasteiger partial charge on any atom is -0.0835 e. The average molecular weight is 623 g/mol. The average Bonchev–Trinajstić information content (AvgIpc) is 3.97. The molecular formula is C50H22. The van der Waals surface area contributed by atoms with Gasteiger partial charge in [0.1, 0.15) is 0 Å². The minimum absolute atomic E-state index is 0.160. The van der Waals surface area contributed by atoms with Crippen LogP contribution in [0.3, 0.4) is 0 Å². The molecule has 0 heteroatoms. The van der Waals surface area contributed by atoms with E-state index >= 15 is 0 Å². The Labute approximate surface area is 284 Å². The fraction of sp³-hybridized carbons (Fsp3) is 0.160. The van der Waals surface area contributed by atoms with E-state index < -0.39 is 0 Å². The highest BCUT2D eigenvalue weighted by atomic mass is 14.8. The Morgan fingerprint density at radius 1 is 0.580 bits per heavy atom. The van der Waals surface area contributed by atoms with Crippen molar-refractivity contribution in [3.8, 4) is 0 Å². The first-order valence-electron chi connectivity index (χ1n) is 19.0. The third-order valence-electron chi connectivity index (χ3n) is 17.4. The van der Waals surface area contributed by atoms with Crippen LogP contribution < -0.4 is 10.4 Å². The summed E-state index contributed by atoms with van der Waals surface area (Å²) in [5.41, 5.74) is 19.7. The van der Waals surface area contributed by atoms with Gasteiger partial charge in [-0.2, -0.15) is 0 Å². The second-order valence-corrected chi connectivity index (χ2v) is 17.9. The zero-order valence-corrected chi connectivity index (χ0v) is 26.7. The van der Waals surface area contributed by atoms with Crippen molar-refractivity contribution in [2.45, 2.75) is 22.7 Å². The molecule has 0 aromatic heterocycles. The molecule has 0 heterocycles. The number of hydrogen-bond acceptors (Lipinski definition) is 0. The highest BCUT2D eigenvalue weighted by molar-refractivity contribution is 6.48. The van der Waals surface area contributed by atoms with Crippen LogP contribution in [0.1, 0.15) is 45.2 Å². The molecular weight excluding hydrogens is 601 g/mol. The lowest BCUT2D eigenvalue weighted by atomic mass is 9.35. The molecule has 11 aliphatic rings. The van der Waals surface area contributed by atoms with E-state index in [9.17, 15) is 0 Å². The van der Waals surface area contributed by atoms with Gasteiger partial charge in [0.05, 0.1) is 10.8 Å². The fourth-order valence-electron chi connectivity index (χ4n) is 16.8. The second-order valence-electron chi connectivity index (χ2n) is 17.9. The highest BCUT2D eigenvalue weighted by Crippen LogP contribution is 2.84. The van der Waals surface area contributed by atoms with E-state index in [1.807, 2.05) is 5.57 Å². The minimum atomic E-state index is -0.176. The zero-order chi connectivity index (χ0) is 30.8. The van der Waals surface area contributed by atoms with Crippen molar-refractivity contribution < 1.29 is 0 Å². The molecule has 1 saturated carbocycles. The first kappa shape index (κ1) is 21.6. The molecule has 0 nitrogen and oxygen atoms in total. The molecule has 2 spiro atoms. The smallest absolute Gasteiger partial charge is 0.0651 e. The first-order chi connectivity index (χ1) is 24.8. The molecule has 222 valence electrons. The maximum Gasteiger partial charge on any atom is 0.0651 e. The molecule has 8 unspecified atom stereocenters. The molecule has 19 rings (SSSR count). The largest absolute Gasteiger partial charge is 0.0835 e. The molecule has 0 radical (unpaired) electrons. The predicted molar refractivity (Wildman–Crippen MR) is 201 cm³/mol. The molecule has 1 fully saturated rings. The van der Waals surface area contributed by atoms with Crippen molar-refractivity contribution in [1.29, 1.82) is 0 Å².